The molecule has 19 heavy (non-hydrogen) atoms. The minimum atomic E-state index is -3.08. The number of aryl methyl sites for hydroxylation is 1. The molecule has 1 aromatic rings. The van der Waals surface area contributed by atoms with Gasteiger partial charge in [0.2, 0.25) is 10.0 Å². The molecule has 2 heterocycles. The maximum Gasteiger partial charge on any atom is 0.211 e. The van der Waals surface area contributed by atoms with Crippen molar-refractivity contribution in [2.45, 2.75) is 32.2 Å². The lowest BCUT2D eigenvalue weighted by atomic mass is 9.92. The van der Waals surface area contributed by atoms with Crippen LogP contribution in [-0.2, 0) is 10.0 Å². The number of sulfonamides is 1. The zero-order chi connectivity index (χ0) is 14.0. The Hall–Kier alpha value is -0.500. The molecule has 0 aromatic carbocycles. The summed E-state index contributed by atoms with van der Waals surface area (Å²) in [5.41, 5.74) is 7.10. The number of rotatable bonds is 4. The average Bonchev–Trinajstić information content (AvgIpc) is 2.75. The topological polar surface area (TPSA) is 76.3 Å². The van der Waals surface area contributed by atoms with Crippen molar-refractivity contribution in [2.24, 2.45) is 11.7 Å². The highest BCUT2D eigenvalue weighted by molar-refractivity contribution is 7.88. The molecule has 1 aliphatic heterocycles. The van der Waals surface area contributed by atoms with Crippen LogP contribution in [0.25, 0.3) is 0 Å². The Morgan fingerprint density at radius 2 is 2.37 bits per heavy atom. The molecule has 2 rings (SSSR count). The minimum absolute atomic E-state index is 0.0885. The van der Waals surface area contributed by atoms with Crippen LogP contribution in [0.15, 0.2) is 5.38 Å². The van der Waals surface area contributed by atoms with Crippen molar-refractivity contribution in [3.63, 3.8) is 0 Å². The normalized spacial score (nSPS) is 23.4. The van der Waals surface area contributed by atoms with Gasteiger partial charge in [-0.05, 0) is 32.1 Å². The molecule has 0 radical (unpaired) electrons. The van der Waals surface area contributed by atoms with Gasteiger partial charge in [0.1, 0.15) is 0 Å². The summed E-state index contributed by atoms with van der Waals surface area (Å²) >= 11 is 1.60. The molecule has 108 valence electrons. The third-order valence-corrected chi connectivity index (χ3v) is 5.62. The van der Waals surface area contributed by atoms with Crippen LogP contribution in [0.5, 0.6) is 0 Å². The molecule has 0 saturated carbocycles. The van der Waals surface area contributed by atoms with Crippen molar-refractivity contribution < 1.29 is 8.42 Å². The van der Waals surface area contributed by atoms with Crippen molar-refractivity contribution in [3.05, 3.63) is 16.1 Å². The number of nitrogens with zero attached hydrogens (tertiary/aromatic N) is 2. The van der Waals surface area contributed by atoms with E-state index in [0.717, 1.165) is 30.0 Å². The molecule has 0 amide bonds. The summed E-state index contributed by atoms with van der Waals surface area (Å²) in [4.78, 5) is 4.41. The first-order chi connectivity index (χ1) is 8.86. The molecule has 0 spiro atoms. The van der Waals surface area contributed by atoms with Crippen LogP contribution < -0.4 is 5.73 Å². The van der Waals surface area contributed by atoms with Crippen molar-refractivity contribution in [1.82, 2.24) is 9.29 Å². The van der Waals surface area contributed by atoms with Crippen LogP contribution in [0.1, 0.15) is 36.0 Å². The lowest BCUT2D eigenvalue weighted by Crippen LogP contribution is -2.40. The van der Waals surface area contributed by atoms with Crippen LogP contribution in [0, 0.1) is 12.8 Å². The fraction of sp³-hybridized carbons (Fsp3) is 0.750. The highest BCUT2D eigenvalue weighted by Gasteiger charge is 2.27. The average molecular weight is 303 g/mol. The molecule has 1 aliphatic rings. The van der Waals surface area contributed by atoms with Gasteiger partial charge in [0.05, 0.1) is 17.0 Å². The molecule has 5 nitrogen and oxygen atoms in total. The van der Waals surface area contributed by atoms with E-state index in [1.807, 2.05) is 12.3 Å². The fourth-order valence-electron chi connectivity index (χ4n) is 2.55. The van der Waals surface area contributed by atoms with Gasteiger partial charge in [-0.15, -0.1) is 11.3 Å². The molecule has 1 aromatic heterocycles. The van der Waals surface area contributed by atoms with Gasteiger partial charge < -0.3 is 5.73 Å². The predicted molar refractivity (Wildman–Crippen MR) is 77.5 cm³/mol. The molecule has 2 N–H and O–H groups in total. The van der Waals surface area contributed by atoms with Crippen LogP contribution in [-0.4, -0.2) is 37.1 Å². The van der Waals surface area contributed by atoms with E-state index in [0.29, 0.717) is 19.0 Å². The third-order valence-electron chi connectivity index (χ3n) is 3.55. The maximum atomic E-state index is 11.6. The van der Waals surface area contributed by atoms with E-state index >= 15 is 0 Å². The van der Waals surface area contributed by atoms with Crippen molar-refractivity contribution >= 4 is 21.4 Å². The Labute approximate surface area is 118 Å². The van der Waals surface area contributed by atoms with Gasteiger partial charge in [0.25, 0.3) is 0 Å². The Morgan fingerprint density at radius 1 is 1.63 bits per heavy atom. The second kappa shape index (κ2) is 5.87. The minimum Gasteiger partial charge on any atom is -0.323 e. The highest BCUT2D eigenvalue weighted by Crippen LogP contribution is 2.27. The Bertz CT molecular complexity index is 527. The SMILES string of the molecule is Cc1nc(C(N)CC2CCCN(S(C)(=O)=O)C2)cs1. The van der Waals surface area contributed by atoms with E-state index in [2.05, 4.69) is 4.98 Å². The van der Waals surface area contributed by atoms with Gasteiger partial charge in [-0.25, -0.2) is 17.7 Å². The molecule has 7 heteroatoms. The lowest BCUT2D eigenvalue weighted by Gasteiger charge is -2.32. The summed E-state index contributed by atoms with van der Waals surface area (Å²) in [7, 11) is -3.08. The Kier molecular flexibility index (Phi) is 4.60. The summed E-state index contributed by atoms with van der Waals surface area (Å²) < 4.78 is 24.7. The van der Waals surface area contributed by atoms with E-state index in [1.165, 1.54) is 6.26 Å². The predicted octanol–water partition coefficient (Wildman–Crippen LogP) is 1.51. The fourth-order valence-corrected chi connectivity index (χ4v) is 4.17. The van der Waals surface area contributed by atoms with Crippen molar-refractivity contribution in [2.75, 3.05) is 19.3 Å². The Morgan fingerprint density at radius 3 is 2.95 bits per heavy atom. The second-order valence-corrected chi connectivity index (χ2v) is 8.31. The highest BCUT2D eigenvalue weighted by atomic mass is 32.2. The molecule has 1 saturated heterocycles. The number of hydrogen-bond acceptors (Lipinski definition) is 5. The summed E-state index contributed by atoms with van der Waals surface area (Å²) in [5, 5.41) is 3.02. The van der Waals surface area contributed by atoms with Crippen LogP contribution in [0.2, 0.25) is 0 Å². The summed E-state index contributed by atoms with van der Waals surface area (Å²) in [6.07, 6.45) is 4.04. The number of piperidine rings is 1. The number of aromatic nitrogens is 1. The van der Waals surface area contributed by atoms with Crippen LogP contribution >= 0.6 is 11.3 Å². The maximum absolute atomic E-state index is 11.6. The molecular formula is C12H21N3O2S2. The van der Waals surface area contributed by atoms with Crippen LogP contribution in [0.3, 0.4) is 0 Å². The summed E-state index contributed by atoms with van der Waals surface area (Å²) in [6.45, 7) is 3.20. The van der Waals surface area contributed by atoms with Gasteiger partial charge >= 0.3 is 0 Å². The first-order valence-corrected chi connectivity index (χ1v) is 9.22. The molecule has 0 bridgehead atoms. The summed E-state index contributed by atoms with van der Waals surface area (Å²) in [5.74, 6) is 0.334. The van der Waals surface area contributed by atoms with E-state index in [1.54, 1.807) is 15.6 Å². The van der Waals surface area contributed by atoms with Gasteiger partial charge in [-0.1, -0.05) is 0 Å². The van der Waals surface area contributed by atoms with E-state index < -0.39 is 10.0 Å². The lowest BCUT2D eigenvalue weighted by molar-refractivity contribution is 0.246. The second-order valence-electron chi connectivity index (χ2n) is 5.26. The van der Waals surface area contributed by atoms with E-state index in [9.17, 15) is 8.42 Å². The van der Waals surface area contributed by atoms with Gasteiger partial charge in [-0.3, -0.25) is 0 Å². The van der Waals surface area contributed by atoms with E-state index in [4.69, 9.17) is 5.73 Å². The monoisotopic (exact) mass is 303 g/mol. The molecule has 2 unspecified atom stereocenters. The van der Waals surface area contributed by atoms with E-state index in [-0.39, 0.29) is 6.04 Å². The number of thiazole rings is 1. The van der Waals surface area contributed by atoms with Gasteiger partial charge in [0, 0.05) is 24.5 Å². The molecule has 2 atom stereocenters. The Balaban J connectivity index is 1.95. The number of nitrogens with two attached hydrogens (primary N) is 1. The third kappa shape index (κ3) is 3.98. The smallest absolute Gasteiger partial charge is 0.211 e. The zero-order valence-electron chi connectivity index (χ0n) is 11.4. The molecule has 1 fully saturated rings. The quantitative estimate of drug-likeness (QED) is 0.915. The number of hydrogen-bond donors (Lipinski definition) is 1. The standard InChI is InChI=1S/C12H21N3O2S2/c1-9-14-12(8-18-9)11(13)6-10-4-3-5-15(7-10)19(2,16)17/h8,10-11H,3-7,13H2,1-2H3. The zero-order valence-corrected chi connectivity index (χ0v) is 13.0. The van der Waals surface area contributed by atoms with Crippen molar-refractivity contribution in [3.8, 4) is 0 Å². The molecular weight excluding hydrogens is 282 g/mol. The van der Waals surface area contributed by atoms with Crippen molar-refractivity contribution in [1.29, 1.82) is 0 Å². The first kappa shape index (κ1) is 14.9. The van der Waals surface area contributed by atoms with Gasteiger partial charge in [0.15, 0.2) is 0 Å². The molecule has 0 aliphatic carbocycles. The van der Waals surface area contributed by atoms with Gasteiger partial charge in [-0.2, -0.15) is 0 Å². The largest absolute Gasteiger partial charge is 0.323 e. The summed E-state index contributed by atoms with van der Waals surface area (Å²) in [6, 6.07) is -0.0885. The van der Waals surface area contributed by atoms with Crippen LogP contribution in [0.4, 0.5) is 0 Å². The first-order valence-electron chi connectivity index (χ1n) is 6.49.